The average molecular weight is 265 g/mol. The van der Waals surface area contributed by atoms with E-state index in [0.29, 0.717) is 6.29 Å². The Morgan fingerprint density at radius 2 is 2.26 bits per heavy atom. The highest BCUT2D eigenvalue weighted by molar-refractivity contribution is 6.06. The van der Waals surface area contributed by atoms with Gasteiger partial charge < -0.3 is 5.32 Å². The number of aromatic amines is 1. The van der Waals surface area contributed by atoms with Gasteiger partial charge >= 0.3 is 0 Å². The summed E-state index contributed by atoms with van der Waals surface area (Å²) in [5.74, 6) is -2.27. The number of anilines is 1. The molecule has 7 heteroatoms. The number of aldehydes is 1. The van der Waals surface area contributed by atoms with Crippen molar-refractivity contribution in [3.05, 3.63) is 47.3 Å². The van der Waals surface area contributed by atoms with Crippen LogP contribution in [0.1, 0.15) is 16.9 Å². The fourth-order valence-corrected chi connectivity index (χ4v) is 1.52. The summed E-state index contributed by atoms with van der Waals surface area (Å²) < 4.78 is 26.8. The molecule has 2 N–H and O–H groups in total. The third-order valence-corrected chi connectivity index (χ3v) is 2.46. The lowest BCUT2D eigenvalue weighted by Crippen LogP contribution is -2.16. The second-order valence-electron chi connectivity index (χ2n) is 3.75. The van der Waals surface area contributed by atoms with Crippen LogP contribution in [0.15, 0.2) is 41.7 Å². The molecule has 0 aromatic carbocycles. The summed E-state index contributed by atoms with van der Waals surface area (Å²) in [6, 6.07) is 0. The van der Waals surface area contributed by atoms with Crippen molar-refractivity contribution in [1.29, 1.82) is 0 Å². The lowest BCUT2D eigenvalue weighted by atomic mass is 10.1. The minimum atomic E-state index is -0.822. The molecule has 1 aromatic rings. The molecule has 1 heterocycles. The zero-order valence-electron chi connectivity index (χ0n) is 9.61. The van der Waals surface area contributed by atoms with Crippen LogP contribution in [-0.4, -0.2) is 22.4 Å². The minimum Gasteiger partial charge on any atom is -0.319 e. The Labute approximate surface area is 106 Å². The molecule has 19 heavy (non-hydrogen) atoms. The molecule has 1 aliphatic rings. The zero-order valence-corrected chi connectivity index (χ0v) is 9.61. The van der Waals surface area contributed by atoms with E-state index in [9.17, 15) is 18.4 Å². The van der Waals surface area contributed by atoms with Gasteiger partial charge in [-0.3, -0.25) is 14.7 Å². The zero-order chi connectivity index (χ0) is 13.8. The molecule has 0 saturated carbocycles. The van der Waals surface area contributed by atoms with Gasteiger partial charge in [-0.25, -0.2) is 8.78 Å². The standard InChI is InChI=1S/C12H9F2N3O2/c13-7-2-1-3-9(14)8(4-7)12(19)16-10-5-15-17-11(10)6-18/h1-3,5-6H,4H2,(H,15,17)(H,16,19). The third kappa shape index (κ3) is 2.82. The Hall–Kier alpha value is -2.57. The van der Waals surface area contributed by atoms with Gasteiger partial charge in [-0.15, -0.1) is 0 Å². The van der Waals surface area contributed by atoms with Crippen molar-refractivity contribution in [2.45, 2.75) is 6.42 Å². The van der Waals surface area contributed by atoms with E-state index >= 15 is 0 Å². The normalized spacial score (nSPS) is 14.9. The maximum Gasteiger partial charge on any atom is 0.255 e. The highest BCUT2D eigenvalue weighted by Gasteiger charge is 2.19. The molecule has 0 radical (unpaired) electrons. The Bertz CT molecular complexity index is 614. The summed E-state index contributed by atoms with van der Waals surface area (Å²) in [4.78, 5) is 22.5. The second-order valence-corrected chi connectivity index (χ2v) is 3.75. The predicted molar refractivity (Wildman–Crippen MR) is 63.7 cm³/mol. The van der Waals surface area contributed by atoms with E-state index < -0.39 is 24.0 Å². The maximum absolute atomic E-state index is 13.6. The molecule has 0 unspecified atom stereocenters. The number of carbonyl (C=O) groups is 2. The molecule has 1 amide bonds. The Morgan fingerprint density at radius 3 is 3.00 bits per heavy atom. The number of allylic oxidation sites excluding steroid dienone is 5. The molecular formula is C12H9F2N3O2. The molecular weight excluding hydrogens is 256 g/mol. The summed E-state index contributed by atoms with van der Waals surface area (Å²) in [7, 11) is 0. The van der Waals surface area contributed by atoms with Crippen molar-refractivity contribution in [2.75, 3.05) is 5.32 Å². The summed E-state index contributed by atoms with van der Waals surface area (Å²) in [5, 5.41) is 8.22. The first kappa shape index (κ1) is 12.9. The summed E-state index contributed by atoms with van der Waals surface area (Å²) in [6.45, 7) is 0. The fourth-order valence-electron chi connectivity index (χ4n) is 1.52. The Balaban J connectivity index is 2.22. The van der Waals surface area contributed by atoms with Crippen LogP contribution in [0, 0.1) is 0 Å². The van der Waals surface area contributed by atoms with Crippen LogP contribution in [0.2, 0.25) is 0 Å². The highest BCUT2D eigenvalue weighted by Crippen LogP contribution is 2.23. The molecule has 2 rings (SSSR count). The van der Waals surface area contributed by atoms with Crippen molar-refractivity contribution >= 4 is 17.9 Å². The predicted octanol–water partition coefficient (Wildman–Crippen LogP) is 2.20. The molecule has 0 atom stereocenters. The van der Waals surface area contributed by atoms with Crippen molar-refractivity contribution in [3.8, 4) is 0 Å². The highest BCUT2D eigenvalue weighted by atomic mass is 19.1. The van der Waals surface area contributed by atoms with Crippen LogP contribution in [-0.2, 0) is 4.79 Å². The van der Waals surface area contributed by atoms with Gasteiger partial charge in [0.25, 0.3) is 5.91 Å². The SMILES string of the molecule is O=Cc1[nH]ncc1NC(=O)C1=C(F)C=CC=C(F)C1. The van der Waals surface area contributed by atoms with Gasteiger partial charge in [0.05, 0.1) is 17.5 Å². The lowest BCUT2D eigenvalue weighted by molar-refractivity contribution is -0.113. The lowest BCUT2D eigenvalue weighted by Gasteiger charge is -2.06. The molecule has 0 bridgehead atoms. The first-order chi connectivity index (χ1) is 9.11. The van der Waals surface area contributed by atoms with E-state index in [4.69, 9.17) is 0 Å². The number of hydrogen-bond donors (Lipinski definition) is 2. The molecule has 1 aliphatic carbocycles. The first-order valence-electron chi connectivity index (χ1n) is 5.33. The summed E-state index contributed by atoms with van der Waals surface area (Å²) in [5.41, 5.74) is -0.187. The Kier molecular flexibility index (Phi) is 3.65. The monoisotopic (exact) mass is 265 g/mol. The van der Waals surface area contributed by atoms with Crippen LogP contribution in [0.25, 0.3) is 0 Å². The van der Waals surface area contributed by atoms with E-state index in [2.05, 4.69) is 15.5 Å². The number of amides is 1. The second kappa shape index (κ2) is 5.38. The number of hydrogen-bond acceptors (Lipinski definition) is 3. The van der Waals surface area contributed by atoms with Gasteiger partial charge in [-0.05, 0) is 12.2 Å². The van der Waals surface area contributed by atoms with Crippen molar-refractivity contribution < 1.29 is 18.4 Å². The van der Waals surface area contributed by atoms with Gasteiger partial charge in [0.15, 0.2) is 6.29 Å². The average Bonchev–Trinajstić information content (AvgIpc) is 2.75. The fraction of sp³-hybridized carbons (Fsp3) is 0.0833. The molecule has 5 nitrogen and oxygen atoms in total. The first-order valence-corrected chi connectivity index (χ1v) is 5.33. The number of rotatable bonds is 3. The number of nitrogens with one attached hydrogen (secondary N) is 2. The van der Waals surface area contributed by atoms with Crippen molar-refractivity contribution in [1.82, 2.24) is 10.2 Å². The van der Waals surface area contributed by atoms with Crippen LogP contribution in [0.3, 0.4) is 0 Å². The molecule has 98 valence electrons. The molecule has 0 fully saturated rings. The molecule has 0 spiro atoms. The van der Waals surface area contributed by atoms with Crippen LogP contribution in [0.4, 0.5) is 14.5 Å². The van der Waals surface area contributed by atoms with E-state index in [-0.39, 0.29) is 17.0 Å². The Morgan fingerprint density at radius 1 is 1.47 bits per heavy atom. The largest absolute Gasteiger partial charge is 0.319 e. The van der Waals surface area contributed by atoms with Gasteiger partial charge in [-0.1, -0.05) is 6.08 Å². The third-order valence-electron chi connectivity index (χ3n) is 2.46. The minimum absolute atomic E-state index is 0.0505. The van der Waals surface area contributed by atoms with Crippen LogP contribution in [0.5, 0.6) is 0 Å². The number of carbonyl (C=O) groups excluding carboxylic acids is 2. The van der Waals surface area contributed by atoms with Gasteiger partial charge in [0.1, 0.15) is 17.3 Å². The molecule has 0 saturated heterocycles. The van der Waals surface area contributed by atoms with Gasteiger partial charge in [0, 0.05) is 6.42 Å². The molecule has 1 aromatic heterocycles. The quantitative estimate of drug-likeness (QED) is 0.823. The summed E-state index contributed by atoms with van der Waals surface area (Å²) in [6.07, 6.45) is 4.48. The number of H-pyrrole nitrogens is 1. The van der Waals surface area contributed by atoms with Crippen molar-refractivity contribution in [2.24, 2.45) is 0 Å². The smallest absolute Gasteiger partial charge is 0.255 e. The van der Waals surface area contributed by atoms with Crippen molar-refractivity contribution in [3.63, 3.8) is 0 Å². The van der Waals surface area contributed by atoms with E-state index in [0.717, 1.165) is 12.2 Å². The van der Waals surface area contributed by atoms with Gasteiger partial charge in [0.2, 0.25) is 0 Å². The molecule has 0 aliphatic heterocycles. The van der Waals surface area contributed by atoms with Crippen LogP contribution < -0.4 is 5.32 Å². The number of aromatic nitrogens is 2. The van der Waals surface area contributed by atoms with Gasteiger partial charge in [-0.2, -0.15) is 5.10 Å². The topological polar surface area (TPSA) is 74.8 Å². The number of nitrogens with zero attached hydrogens (tertiary/aromatic N) is 1. The van der Waals surface area contributed by atoms with Crippen LogP contribution >= 0.6 is 0 Å². The van der Waals surface area contributed by atoms with E-state index in [1.807, 2.05) is 0 Å². The summed E-state index contributed by atoms with van der Waals surface area (Å²) >= 11 is 0. The maximum atomic E-state index is 13.6. The van der Waals surface area contributed by atoms with E-state index in [1.165, 1.54) is 12.3 Å². The van der Waals surface area contributed by atoms with E-state index in [1.54, 1.807) is 0 Å². The number of halogens is 2.